The van der Waals surface area contributed by atoms with Gasteiger partial charge in [-0.3, -0.25) is 15.6 Å². The zero-order valence-corrected chi connectivity index (χ0v) is 17.4. The van der Waals surface area contributed by atoms with Gasteiger partial charge < -0.3 is 14.5 Å². The van der Waals surface area contributed by atoms with Gasteiger partial charge in [0.2, 0.25) is 0 Å². The summed E-state index contributed by atoms with van der Waals surface area (Å²) in [5, 5.41) is 3.85. The van der Waals surface area contributed by atoms with E-state index in [1.807, 2.05) is 19.9 Å². The van der Waals surface area contributed by atoms with Gasteiger partial charge in [-0.05, 0) is 55.9 Å². The number of amides is 1. The zero-order chi connectivity index (χ0) is 19.1. The molecule has 6 nitrogen and oxygen atoms in total. The van der Waals surface area contributed by atoms with Crippen LogP contribution in [0, 0.1) is 0 Å². The van der Waals surface area contributed by atoms with Gasteiger partial charge in [0.25, 0.3) is 0 Å². The molecule has 0 bridgehead atoms. The molecule has 0 saturated heterocycles. The Morgan fingerprint density at radius 3 is 2.81 bits per heavy atom. The van der Waals surface area contributed by atoms with Crippen LogP contribution < -0.4 is 20.9 Å². The Kier molecular flexibility index (Phi) is 7.74. The summed E-state index contributed by atoms with van der Waals surface area (Å²) in [5.74, 6) is 0.727. The van der Waals surface area contributed by atoms with Crippen LogP contribution in [0.2, 0.25) is 5.02 Å². The number of carbonyl (C=O) groups is 1. The first kappa shape index (κ1) is 20.5. The second kappa shape index (κ2) is 9.80. The maximum absolute atomic E-state index is 12.1. The van der Waals surface area contributed by atoms with E-state index < -0.39 is 5.91 Å². The van der Waals surface area contributed by atoms with Gasteiger partial charge in [-0.25, -0.2) is 0 Å². The number of halogens is 2. The molecule has 1 amide bonds. The molecule has 1 aromatic heterocycles. The predicted octanol–water partition coefficient (Wildman–Crippen LogP) is 4.18. The van der Waals surface area contributed by atoms with Crippen molar-refractivity contribution in [2.75, 3.05) is 0 Å². The Hall–Kier alpha value is -1.77. The molecular formula is C17H19BrClN3O3S. The van der Waals surface area contributed by atoms with Crippen LogP contribution in [0.3, 0.4) is 0 Å². The summed E-state index contributed by atoms with van der Waals surface area (Å²) in [6.07, 6.45) is 0.916. The molecule has 3 N–H and O–H groups in total. The van der Waals surface area contributed by atoms with Crippen molar-refractivity contribution in [1.29, 1.82) is 0 Å². The molecule has 0 aliphatic carbocycles. The molecular weight excluding hydrogens is 442 g/mol. The van der Waals surface area contributed by atoms with E-state index in [0.29, 0.717) is 21.6 Å². The van der Waals surface area contributed by atoms with E-state index in [0.717, 1.165) is 10.9 Å². The highest BCUT2D eigenvalue weighted by Gasteiger charge is 2.12. The molecule has 140 valence electrons. The lowest BCUT2D eigenvalue weighted by molar-refractivity contribution is 0.0911. The van der Waals surface area contributed by atoms with Crippen LogP contribution in [0.1, 0.15) is 36.6 Å². The van der Waals surface area contributed by atoms with E-state index in [2.05, 4.69) is 32.1 Å². The van der Waals surface area contributed by atoms with Crippen LogP contribution in [0.25, 0.3) is 0 Å². The number of carbonyl (C=O) groups excluding carboxylic acids is 1. The van der Waals surface area contributed by atoms with Crippen molar-refractivity contribution < 1.29 is 13.9 Å². The average Bonchev–Trinajstić information content (AvgIpc) is 3.08. The maximum Gasteiger partial charge on any atom is 0.305 e. The van der Waals surface area contributed by atoms with Crippen molar-refractivity contribution in [3.8, 4) is 5.75 Å². The van der Waals surface area contributed by atoms with Crippen LogP contribution in [0.5, 0.6) is 5.75 Å². The molecule has 1 atom stereocenters. The van der Waals surface area contributed by atoms with E-state index in [-0.39, 0.29) is 18.4 Å². The second-order valence-electron chi connectivity index (χ2n) is 5.49. The second-order valence-corrected chi connectivity index (χ2v) is 7.22. The van der Waals surface area contributed by atoms with Crippen molar-refractivity contribution in [2.45, 2.75) is 32.9 Å². The first-order valence-electron chi connectivity index (χ1n) is 7.92. The minimum atomic E-state index is -0.439. The average molecular weight is 461 g/mol. The summed E-state index contributed by atoms with van der Waals surface area (Å²) >= 11 is 14.5. The summed E-state index contributed by atoms with van der Waals surface area (Å²) in [7, 11) is 0. The molecule has 1 heterocycles. The molecule has 0 fully saturated rings. The van der Waals surface area contributed by atoms with E-state index in [9.17, 15) is 4.79 Å². The SMILES string of the molecule is CC[C@@H](C)NC(=S)NNC(=O)c1ccc(COc2ccc(Br)cc2Cl)o1. The molecule has 0 aliphatic heterocycles. The van der Waals surface area contributed by atoms with Gasteiger partial charge in [0.05, 0.1) is 5.02 Å². The first-order valence-corrected chi connectivity index (χ1v) is 9.50. The minimum Gasteiger partial charge on any atom is -0.484 e. The van der Waals surface area contributed by atoms with Crippen LogP contribution >= 0.6 is 39.7 Å². The third kappa shape index (κ3) is 6.19. The lowest BCUT2D eigenvalue weighted by atomic mass is 10.3. The fourth-order valence-electron chi connectivity index (χ4n) is 1.86. The standard InChI is InChI=1S/C17H19BrClN3O3S/c1-3-10(2)20-17(26)22-21-16(23)15-7-5-12(25-15)9-24-14-6-4-11(18)8-13(14)19/h4-8,10H,3,9H2,1-2H3,(H,21,23)(H2,20,22,26)/t10-/m1/s1. The minimum absolute atomic E-state index is 0.143. The largest absolute Gasteiger partial charge is 0.484 e. The normalized spacial score (nSPS) is 11.5. The number of benzene rings is 1. The number of thiocarbonyl (C=S) groups is 1. The van der Waals surface area contributed by atoms with Gasteiger partial charge in [-0.2, -0.15) is 0 Å². The van der Waals surface area contributed by atoms with Crippen LogP contribution in [-0.4, -0.2) is 17.1 Å². The number of hydrogen-bond acceptors (Lipinski definition) is 4. The molecule has 0 aliphatic rings. The van der Waals surface area contributed by atoms with Crippen molar-refractivity contribution in [3.05, 3.63) is 51.3 Å². The van der Waals surface area contributed by atoms with Crippen LogP contribution in [0.4, 0.5) is 0 Å². The van der Waals surface area contributed by atoms with Crippen LogP contribution in [-0.2, 0) is 6.61 Å². The molecule has 9 heteroatoms. The summed E-state index contributed by atoms with van der Waals surface area (Å²) < 4.78 is 11.9. The van der Waals surface area contributed by atoms with Crippen molar-refractivity contribution >= 4 is 50.8 Å². The molecule has 0 unspecified atom stereocenters. The molecule has 2 rings (SSSR count). The smallest absolute Gasteiger partial charge is 0.305 e. The molecule has 0 saturated carbocycles. The Balaban J connectivity index is 1.84. The highest BCUT2D eigenvalue weighted by molar-refractivity contribution is 9.10. The van der Waals surface area contributed by atoms with Gasteiger partial charge in [-0.15, -0.1) is 0 Å². The number of rotatable bonds is 6. The van der Waals surface area contributed by atoms with Crippen molar-refractivity contribution in [2.24, 2.45) is 0 Å². The Morgan fingerprint density at radius 1 is 1.35 bits per heavy atom. The number of nitrogens with one attached hydrogen (secondary N) is 3. The zero-order valence-electron chi connectivity index (χ0n) is 14.3. The molecule has 0 spiro atoms. The fourth-order valence-corrected chi connectivity index (χ4v) is 2.84. The number of furan rings is 1. The van der Waals surface area contributed by atoms with E-state index in [4.69, 9.17) is 33.0 Å². The van der Waals surface area contributed by atoms with E-state index in [1.54, 1.807) is 24.3 Å². The fraction of sp³-hybridized carbons (Fsp3) is 0.294. The quantitative estimate of drug-likeness (QED) is 0.443. The summed E-state index contributed by atoms with van der Waals surface area (Å²) in [6.45, 7) is 4.18. The van der Waals surface area contributed by atoms with Gasteiger partial charge in [-0.1, -0.05) is 34.5 Å². The number of ether oxygens (including phenoxy) is 1. The first-order chi connectivity index (χ1) is 12.4. The molecule has 2 aromatic rings. The Morgan fingerprint density at radius 2 is 2.12 bits per heavy atom. The molecule has 0 radical (unpaired) electrons. The van der Waals surface area contributed by atoms with Gasteiger partial charge in [0.15, 0.2) is 10.9 Å². The van der Waals surface area contributed by atoms with Crippen LogP contribution in [0.15, 0.2) is 39.2 Å². The lowest BCUT2D eigenvalue weighted by Gasteiger charge is -2.15. The lowest BCUT2D eigenvalue weighted by Crippen LogP contribution is -2.48. The summed E-state index contributed by atoms with van der Waals surface area (Å²) in [6, 6.07) is 8.74. The monoisotopic (exact) mass is 459 g/mol. The predicted molar refractivity (Wildman–Crippen MR) is 108 cm³/mol. The highest BCUT2D eigenvalue weighted by atomic mass is 79.9. The molecule has 26 heavy (non-hydrogen) atoms. The summed E-state index contributed by atoms with van der Waals surface area (Å²) in [4.78, 5) is 12.1. The maximum atomic E-state index is 12.1. The Bertz CT molecular complexity index is 784. The van der Waals surface area contributed by atoms with Crippen molar-refractivity contribution in [1.82, 2.24) is 16.2 Å². The summed E-state index contributed by atoms with van der Waals surface area (Å²) in [5.41, 5.74) is 5.11. The number of hydrazine groups is 1. The van der Waals surface area contributed by atoms with Gasteiger partial charge in [0, 0.05) is 10.5 Å². The highest BCUT2D eigenvalue weighted by Crippen LogP contribution is 2.28. The Labute approximate surface area is 170 Å². The van der Waals surface area contributed by atoms with Crippen molar-refractivity contribution in [3.63, 3.8) is 0 Å². The molecule has 1 aromatic carbocycles. The van der Waals surface area contributed by atoms with E-state index >= 15 is 0 Å². The third-order valence-electron chi connectivity index (χ3n) is 3.43. The van der Waals surface area contributed by atoms with Gasteiger partial charge >= 0.3 is 5.91 Å². The topological polar surface area (TPSA) is 75.5 Å². The van der Waals surface area contributed by atoms with Gasteiger partial charge in [0.1, 0.15) is 18.1 Å². The third-order valence-corrected chi connectivity index (χ3v) is 4.44. The van der Waals surface area contributed by atoms with E-state index in [1.165, 1.54) is 0 Å². The number of hydrogen-bond donors (Lipinski definition) is 3.